The van der Waals surface area contributed by atoms with Crippen molar-refractivity contribution >= 4 is 46.8 Å². The van der Waals surface area contributed by atoms with Crippen molar-refractivity contribution in [2.24, 2.45) is 5.92 Å². The molecule has 57 heavy (non-hydrogen) atoms. The Bertz CT molecular complexity index is 2310. The highest BCUT2D eigenvalue weighted by atomic mass is 35.5. The van der Waals surface area contributed by atoms with Crippen molar-refractivity contribution in [3.63, 3.8) is 0 Å². The molecule has 12 nitrogen and oxygen atoms in total. The minimum absolute atomic E-state index is 0.0444. The Hall–Kier alpha value is -5.69. The summed E-state index contributed by atoms with van der Waals surface area (Å²) >= 11 is 6.18. The van der Waals surface area contributed by atoms with E-state index in [0.29, 0.717) is 46.0 Å². The quantitative estimate of drug-likeness (QED) is 0.273. The second-order valence-corrected chi connectivity index (χ2v) is 16.3. The van der Waals surface area contributed by atoms with Gasteiger partial charge < -0.3 is 14.5 Å². The molecule has 13 heteroatoms. The van der Waals surface area contributed by atoms with E-state index in [1.807, 2.05) is 23.1 Å². The highest BCUT2D eigenvalue weighted by molar-refractivity contribution is 6.31. The van der Waals surface area contributed by atoms with E-state index in [1.165, 1.54) is 0 Å². The molecule has 4 fully saturated rings. The first kappa shape index (κ1) is 36.9. The van der Waals surface area contributed by atoms with Crippen molar-refractivity contribution in [2.45, 2.75) is 82.1 Å². The van der Waals surface area contributed by atoms with E-state index in [9.17, 15) is 24.0 Å². The molecular formula is C44H41ClN6O6. The SMILES string of the molecule is N#Cc1ccc(OC2CCC(N3Cc4cc(C#CC5CN(C6CCN(c7ccc8c(c7)C(=O)N(C7CCC(=O)NC7=O)C8=O)CC6)C5)ccc4C3=O)CC2)cc1Cl. The van der Waals surface area contributed by atoms with Gasteiger partial charge in [-0.2, -0.15) is 5.26 Å². The summed E-state index contributed by atoms with van der Waals surface area (Å²) in [5.41, 5.74) is 4.64. The summed E-state index contributed by atoms with van der Waals surface area (Å²) < 4.78 is 6.16. The lowest BCUT2D eigenvalue weighted by atomic mass is 9.92. The van der Waals surface area contributed by atoms with Gasteiger partial charge in [0.15, 0.2) is 0 Å². The molecule has 1 atom stereocenters. The zero-order chi connectivity index (χ0) is 39.4. The number of carbonyl (C=O) groups excluding carboxylic acids is 5. The normalized spacial score (nSPS) is 24.0. The van der Waals surface area contributed by atoms with Crippen LogP contribution in [-0.4, -0.2) is 94.6 Å². The summed E-state index contributed by atoms with van der Waals surface area (Å²) in [5.74, 6) is 5.91. The number of carbonyl (C=O) groups is 5. The number of halogens is 1. The Labute approximate surface area is 335 Å². The van der Waals surface area contributed by atoms with Crippen LogP contribution in [0.5, 0.6) is 5.75 Å². The number of benzene rings is 3. The largest absolute Gasteiger partial charge is 0.490 e. The van der Waals surface area contributed by atoms with Gasteiger partial charge in [0, 0.05) is 80.0 Å². The van der Waals surface area contributed by atoms with Crippen LogP contribution in [0, 0.1) is 29.1 Å². The fourth-order valence-electron chi connectivity index (χ4n) is 9.28. The summed E-state index contributed by atoms with van der Waals surface area (Å²) in [6, 6.07) is 18.1. The first-order chi connectivity index (χ1) is 27.6. The topological polar surface area (TPSA) is 143 Å². The van der Waals surface area contributed by atoms with Crippen molar-refractivity contribution in [1.29, 1.82) is 5.26 Å². The number of hydrogen-bond acceptors (Lipinski definition) is 9. The van der Waals surface area contributed by atoms with Gasteiger partial charge in [0.2, 0.25) is 11.8 Å². The molecule has 9 rings (SSSR count). The Kier molecular flexibility index (Phi) is 9.71. The molecule has 3 aromatic carbocycles. The molecule has 0 radical (unpaired) electrons. The van der Waals surface area contributed by atoms with Gasteiger partial charge in [0.1, 0.15) is 17.9 Å². The maximum absolute atomic E-state index is 13.4. The zero-order valence-corrected chi connectivity index (χ0v) is 32.1. The van der Waals surface area contributed by atoms with E-state index in [1.54, 1.807) is 30.3 Å². The predicted molar refractivity (Wildman–Crippen MR) is 209 cm³/mol. The number of nitriles is 1. The van der Waals surface area contributed by atoms with Gasteiger partial charge in [0.25, 0.3) is 17.7 Å². The number of rotatable bonds is 6. The molecule has 5 heterocycles. The lowest BCUT2D eigenvalue weighted by Crippen LogP contribution is -2.55. The second kappa shape index (κ2) is 15.0. The Balaban J connectivity index is 0.737. The molecule has 3 aromatic rings. The molecule has 1 N–H and O–H groups in total. The van der Waals surface area contributed by atoms with Crippen LogP contribution in [0.2, 0.25) is 5.02 Å². The van der Waals surface area contributed by atoms with Gasteiger partial charge in [-0.1, -0.05) is 23.4 Å². The maximum atomic E-state index is 13.4. The molecule has 0 aromatic heterocycles. The molecular weight excluding hydrogens is 744 g/mol. The number of fused-ring (bicyclic) bond motifs is 2. The molecule has 5 aliphatic heterocycles. The lowest BCUT2D eigenvalue weighted by Gasteiger charge is -2.46. The van der Waals surface area contributed by atoms with Gasteiger partial charge in [-0.05, 0) is 99.0 Å². The fourth-order valence-corrected chi connectivity index (χ4v) is 9.49. The monoisotopic (exact) mass is 784 g/mol. The first-order valence-electron chi connectivity index (χ1n) is 19.8. The van der Waals surface area contributed by atoms with Crippen molar-refractivity contribution in [1.82, 2.24) is 20.0 Å². The molecule has 3 saturated heterocycles. The first-order valence-corrected chi connectivity index (χ1v) is 20.2. The molecule has 1 aliphatic carbocycles. The van der Waals surface area contributed by atoms with Crippen LogP contribution in [0.15, 0.2) is 54.6 Å². The standard InChI is InChI=1S/C44H41ClN6O6/c45-38-21-34(8-4-28(38)22-46)57-33-9-5-31(6-10-33)50-25-29-19-26(3-11-35(29)42(50)54)1-2-27-23-49(24-27)30-15-17-48(18-16-30)32-7-12-36-37(20-32)44(56)51(43(36)55)39-13-14-40(52)47-41(39)53/h3-4,7-8,11-12,19-21,27,30-31,33,39H,5-6,9-10,13-18,23-25H2,(H,47,52,53). The summed E-state index contributed by atoms with van der Waals surface area (Å²) in [7, 11) is 0. The van der Waals surface area contributed by atoms with Gasteiger partial charge in [-0.25, -0.2) is 0 Å². The average Bonchev–Trinajstić information content (AvgIpc) is 3.65. The van der Waals surface area contributed by atoms with Gasteiger partial charge in [-0.15, -0.1) is 0 Å². The molecule has 6 aliphatic rings. The molecule has 0 spiro atoms. The van der Waals surface area contributed by atoms with Crippen molar-refractivity contribution in [2.75, 3.05) is 31.1 Å². The van der Waals surface area contributed by atoms with Crippen molar-refractivity contribution in [3.8, 4) is 23.7 Å². The number of hydrogen-bond donors (Lipinski definition) is 1. The van der Waals surface area contributed by atoms with Crippen LogP contribution in [0.3, 0.4) is 0 Å². The number of likely N-dealkylation sites (tertiary alicyclic amines) is 1. The fraction of sp³-hybridized carbons (Fsp3) is 0.409. The number of piperidine rings is 2. The second-order valence-electron chi connectivity index (χ2n) is 15.9. The van der Waals surface area contributed by atoms with Gasteiger partial charge in [-0.3, -0.25) is 39.1 Å². The number of ether oxygens (including phenoxy) is 1. The number of nitrogens with zero attached hydrogens (tertiary/aromatic N) is 5. The Morgan fingerprint density at radius 1 is 0.772 bits per heavy atom. The van der Waals surface area contributed by atoms with Crippen molar-refractivity contribution in [3.05, 3.63) is 93.0 Å². The third kappa shape index (κ3) is 7.02. The van der Waals surface area contributed by atoms with E-state index in [2.05, 4.69) is 39.1 Å². The third-order valence-electron chi connectivity index (χ3n) is 12.5. The Morgan fingerprint density at radius 3 is 2.26 bits per heavy atom. The van der Waals surface area contributed by atoms with Crippen molar-refractivity contribution < 1.29 is 28.7 Å². The number of nitrogens with one attached hydrogen (secondary N) is 1. The minimum atomic E-state index is -0.975. The summed E-state index contributed by atoms with van der Waals surface area (Å²) in [5, 5.41) is 11.8. The predicted octanol–water partition coefficient (Wildman–Crippen LogP) is 4.91. The van der Waals surface area contributed by atoms with E-state index in [0.717, 1.165) is 92.0 Å². The summed E-state index contributed by atoms with van der Waals surface area (Å²) in [6.07, 6.45) is 5.62. The van der Waals surface area contributed by atoms with Crippen LogP contribution in [0.4, 0.5) is 5.69 Å². The smallest absolute Gasteiger partial charge is 0.262 e. The van der Waals surface area contributed by atoms with Crippen LogP contribution in [0.1, 0.15) is 99.1 Å². The van der Waals surface area contributed by atoms with Crippen LogP contribution >= 0.6 is 11.6 Å². The number of imide groups is 2. The van der Waals surface area contributed by atoms with E-state index in [-0.39, 0.29) is 30.9 Å². The van der Waals surface area contributed by atoms with E-state index < -0.39 is 29.7 Å². The number of anilines is 1. The van der Waals surface area contributed by atoms with Crippen LogP contribution < -0.4 is 15.0 Å². The molecule has 5 amide bonds. The summed E-state index contributed by atoms with van der Waals surface area (Å²) in [6.45, 7) is 4.09. The highest BCUT2D eigenvalue weighted by Crippen LogP contribution is 2.35. The van der Waals surface area contributed by atoms with Gasteiger partial charge >= 0.3 is 0 Å². The average molecular weight is 785 g/mol. The zero-order valence-electron chi connectivity index (χ0n) is 31.3. The van der Waals surface area contributed by atoms with Crippen LogP contribution in [-0.2, 0) is 16.1 Å². The van der Waals surface area contributed by atoms with Crippen LogP contribution in [0.25, 0.3) is 0 Å². The number of amides is 5. The molecule has 1 unspecified atom stereocenters. The van der Waals surface area contributed by atoms with E-state index in [4.69, 9.17) is 21.6 Å². The summed E-state index contributed by atoms with van der Waals surface area (Å²) in [4.78, 5) is 71.6. The Morgan fingerprint density at radius 2 is 1.53 bits per heavy atom. The molecule has 1 saturated carbocycles. The maximum Gasteiger partial charge on any atom is 0.262 e. The van der Waals surface area contributed by atoms with E-state index >= 15 is 0 Å². The highest BCUT2D eigenvalue weighted by Gasteiger charge is 2.45. The third-order valence-corrected chi connectivity index (χ3v) is 12.8. The minimum Gasteiger partial charge on any atom is -0.490 e. The molecule has 0 bridgehead atoms. The lowest BCUT2D eigenvalue weighted by molar-refractivity contribution is -0.136. The molecule has 290 valence electrons. The van der Waals surface area contributed by atoms with Gasteiger partial charge in [0.05, 0.1) is 27.8 Å².